The van der Waals surface area contributed by atoms with Crippen LogP contribution in [0.25, 0.3) is 0 Å². The summed E-state index contributed by atoms with van der Waals surface area (Å²) in [4.78, 5) is 3.70. The van der Waals surface area contributed by atoms with Crippen molar-refractivity contribution in [2.75, 3.05) is 11.9 Å². The van der Waals surface area contributed by atoms with Crippen LogP contribution in [-0.4, -0.2) is 16.6 Å². The molecule has 0 aliphatic heterocycles. The SMILES string of the molecule is CCc1cccc(C)c1NC(=S)N(CCC(C)C)[C@H](C)c1cccs1. The van der Waals surface area contributed by atoms with Crippen molar-refractivity contribution >= 4 is 34.4 Å². The first-order valence-electron chi connectivity index (χ1n) is 9.13. The molecule has 0 spiro atoms. The second kappa shape index (κ2) is 9.35. The van der Waals surface area contributed by atoms with Crippen molar-refractivity contribution in [3.63, 3.8) is 0 Å². The average Bonchev–Trinajstić information content (AvgIpc) is 3.11. The molecule has 0 unspecified atom stereocenters. The van der Waals surface area contributed by atoms with E-state index >= 15 is 0 Å². The number of nitrogens with zero attached hydrogens (tertiary/aromatic N) is 1. The number of aryl methyl sites for hydroxylation is 2. The second-order valence-corrected chi connectivity index (χ2v) is 8.33. The molecule has 0 bridgehead atoms. The Kier molecular flexibility index (Phi) is 7.45. The van der Waals surface area contributed by atoms with Crippen molar-refractivity contribution in [2.45, 2.75) is 53.5 Å². The summed E-state index contributed by atoms with van der Waals surface area (Å²) in [6.07, 6.45) is 2.13. The second-order valence-electron chi connectivity index (χ2n) is 6.96. The maximum Gasteiger partial charge on any atom is 0.173 e. The van der Waals surface area contributed by atoms with Gasteiger partial charge in [0, 0.05) is 17.1 Å². The Morgan fingerprint density at radius 2 is 1.96 bits per heavy atom. The van der Waals surface area contributed by atoms with Gasteiger partial charge in [0.1, 0.15) is 0 Å². The number of nitrogens with one attached hydrogen (secondary N) is 1. The van der Waals surface area contributed by atoms with Gasteiger partial charge in [-0.15, -0.1) is 11.3 Å². The molecule has 2 nitrogen and oxygen atoms in total. The molecule has 1 atom stereocenters. The Labute approximate surface area is 162 Å². The zero-order chi connectivity index (χ0) is 18.4. The lowest BCUT2D eigenvalue weighted by molar-refractivity contribution is 0.321. The summed E-state index contributed by atoms with van der Waals surface area (Å²) in [6.45, 7) is 12.1. The summed E-state index contributed by atoms with van der Waals surface area (Å²) in [5.74, 6) is 0.658. The number of hydrogen-bond donors (Lipinski definition) is 1. The van der Waals surface area contributed by atoms with Gasteiger partial charge < -0.3 is 10.2 Å². The fourth-order valence-corrected chi connectivity index (χ4v) is 4.08. The van der Waals surface area contributed by atoms with E-state index in [1.54, 1.807) is 11.3 Å². The molecule has 1 heterocycles. The molecule has 0 fully saturated rings. The van der Waals surface area contributed by atoms with Gasteiger partial charge in [-0.3, -0.25) is 0 Å². The zero-order valence-electron chi connectivity index (χ0n) is 16.0. The Morgan fingerprint density at radius 3 is 2.56 bits per heavy atom. The maximum atomic E-state index is 5.85. The Hall–Kier alpha value is -1.39. The topological polar surface area (TPSA) is 15.3 Å². The zero-order valence-corrected chi connectivity index (χ0v) is 17.6. The first-order valence-corrected chi connectivity index (χ1v) is 10.4. The molecule has 1 N–H and O–H groups in total. The van der Waals surface area contributed by atoms with E-state index in [9.17, 15) is 0 Å². The maximum absolute atomic E-state index is 5.85. The molecular weight excluding hydrogens is 344 g/mol. The van der Waals surface area contributed by atoms with E-state index in [1.807, 2.05) is 0 Å². The molecule has 25 heavy (non-hydrogen) atoms. The number of thiophene rings is 1. The van der Waals surface area contributed by atoms with Crippen LogP contribution in [0.4, 0.5) is 5.69 Å². The van der Waals surface area contributed by atoms with Gasteiger partial charge >= 0.3 is 0 Å². The standard InChI is InChI=1S/C21H30N2S2/c1-6-18-10-7-9-16(4)20(18)22-21(24)23(13-12-15(2)3)17(5)19-11-8-14-25-19/h7-11,14-15,17H,6,12-13H2,1-5H3,(H,22,24)/t17-/m1/s1. The summed E-state index contributed by atoms with van der Waals surface area (Å²) < 4.78 is 0. The summed E-state index contributed by atoms with van der Waals surface area (Å²) >= 11 is 7.65. The normalized spacial score (nSPS) is 12.2. The van der Waals surface area contributed by atoms with Crippen molar-refractivity contribution in [1.82, 2.24) is 4.90 Å². The minimum atomic E-state index is 0.285. The lowest BCUT2D eigenvalue weighted by Crippen LogP contribution is -2.38. The number of thiocarbonyl (C=S) groups is 1. The summed E-state index contributed by atoms with van der Waals surface area (Å²) in [7, 11) is 0. The van der Waals surface area contributed by atoms with E-state index in [-0.39, 0.29) is 6.04 Å². The van der Waals surface area contributed by atoms with Gasteiger partial charge in [0.05, 0.1) is 6.04 Å². The molecule has 1 aromatic heterocycles. The van der Waals surface area contributed by atoms with Crippen LogP contribution in [0.1, 0.15) is 56.2 Å². The number of rotatable bonds is 7. The van der Waals surface area contributed by atoms with E-state index < -0.39 is 0 Å². The summed E-state index contributed by atoms with van der Waals surface area (Å²) in [5.41, 5.74) is 3.73. The number of hydrogen-bond acceptors (Lipinski definition) is 2. The Bertz CT molecular complexity index is 677. The molecule has 0 aliphatic carbocycles. The summed E-state index contributed by atoms with van der Waals surface area (Å²) in [6, 6.07) is 11.0. The number of anilines is 1. The van der Waals surface area contributed by atoms with Crippen molar-refractivity contribution in [3.8, 4) is 0 Å². The predicted molar refractivity (Wildman–Crippen MR) is 116 cm³/mol. The van der Waals surface area contributed by atoms with Gasteiger partial charge in [-0.05, 0) is 67.4 Å². The van der Waals surface area contributed by atoms with Crippen molar-refractivity contribution in [1.29, 1.82) is 0 Å². The lowest BCUT2D eigenvalue weighted by Gasteiger charge is -2.32. The highest BCUT2D eigenvalue weighted by atomic mass is 32.1. The monoisotopic (exact) mass is 374 g/mol. The van der Waals surface area contributed by atoms with Gasteiger partial charge in [-0.2, -0.15) is 0 Å². The molecule has 1 aromatic carbocycles. The van der Waals surface area contributed by atoms with E-state index in [0.29, 0.717) is 5.92 Å². The highest BCUT2D eigenvalue weighted by Crippen LogP contribution is 2.28. The average molecular weight is 375 g/mol. The van der Waals surface area contributed by atoms with Gasteiger partial charge in [0.2, 0.25) is 0 Å². The van der Waals surface area contributed by atoms with Crippen molar-refractivity contribution in [3.05, 3.63) is 51.7 Å². The smallest absolute Gasteiger partial charge is 0.173 e. The van der Waals surface area contributed by atoms with E-state index in [0.717, 1.165) is 24.5 Å². The molecule has 0 saturated heterocycles. The Balaban J connectivity index is 2.23. The largest absolute Gasteiger partial charge is 0.341 e. The molecule has 0 aliphatic rings. The third-order valence-corrected chi connectivity index (χ3v) is 5.98. The van der Waals surface area contributed by atoms with Crippen LogP contribution < -0.4 is 5.32 Å². The predicted octanol–water partition coefficient (Wildman–Crippen LogP) is 6.43. The van der Waals surface area contributed by atoms with Crippen LogP contribution in [0.5, 0.6) is 0 Å². The van der Waals surface area contributed by atoms with Crippen LogP contribution >= 0.6 is 23.6 Å². The third kappa shape index (κ3) is 5.29. The molecule has 0 saturated carbocycles. The minimum absolute atomic E-state index is 0.285. The van der Waals surface area contributed by atoms with Crippen LogP contribution in [0.15, 0.2) is 35.7 Å². The van der Waals surface area contributed by atoms with Gasteiger partial charge in [-0.1, -0.05) is 45.0 Å². The number of para-hydroxylation sites is 1. The van der Waals surface area contributed by atoms with E-state index in [4.69, 9.17) is 12.2 Å². The van der Waals surface area contributed by atoms with Gasteiger partial charge in [0.25, 0.3) is 0 Å². The highest BCUT2D eigenvalue weighted by molar-refractivity contribution is 7.80. The fraction of sp³-hybridized carbons (Fsp3) is 0.476. The molecule has 136 valence electrons. The van der Waals surface area contributed by atoms with E-state index in [2.05, 4.69) is 80.5 Å². The molecule has 0 amide bonds. The van der Waals surface area contributed by atoms with Gasteiger partial charge in [0.15, 0.2) is 5.11 Å². The third-order valence-electron chi connectivity index (χ3n) is 4.60. The molecule has 2 aromatic rings. The van der Waals surface area contributed by atoms with Crippen LogP contribution in [-0.2, 0) is 6.42 Å². The molecule has 0 radical (unpaired) electrons. The molecular formula is C21H30N2S2. The quantitative estimate of drug-likeness (QED) is 0.563. The van der Waals surface area contributed by atoms with Crippen molar-refractivity contribution in [2.24, 2.45) is 5.92 Å². The minimum Gasteiger partial charge on any atom is -0.341 e. The first-order chi connectivity index (χ1) is 11.9. The lowest BCUT2D eigenvalue weighted by atomic mass is 10.1. The van der Waals surface area contributed by atoms with Gasteiger partial charge in [-0.25, -0.2) is 0 Å². The number of benzene rings is 1. The molecule has 2 rings (SSSR count). The molecule has 4 heteroatoms. The van der Waals surface area contributed by atoms with Crippen LogP contribution in [0.3, 0.4) is 0 Å². The Morgan fingerprint density at radius 1 is 1.20 bits per heavy atom. The fourth-order valence-electron chi connectivity index (χ4n) is 2.93. The van der Waals surface area contributed by atoms with Crippen molar-refractivity contribution < 1.29 is 0 Å². The van der Waals surface area contributed by atoms with Crippen LogP contribution in [0.2, 0.25) is 0 Å². The first kappa shape index (κ1) is 19.9. The van der Waals surface area contributed by atoms with Crippen LogP contribution in [0, 0.1) is 12.8 Å². The van der Waals surface area contributed by atoms with E-state index in [1.165, 1.54) is 21.7 Å². The summed E-state index contributed by atoms with van der Waals surface area (Å²) in [5, 5.41) is 6.52. The highest BCUT2D eigenvalue weighted by Gasteiger charge is 2.20.